The number of amides is 1. The van der Waals surface area contributed by atoms with Gasteiger partial charge in [0.25, 0.3) is 5.56 Å². The average Bonchev–Trinajstić information content (AvgIpc) is 3.55. The van der Waals surface area contributed by atoms with Gasteiger partial charge in [-0.3, -0.25) is 9.36 Å². The lowest BCUT2D eigenvalue weighted by molar-refractivity contribution is 0.0527. The number of benzene rings is 1. The van der Waals surface area contributed by atoms with Crippen molar-refractivity contribution < 1.29 is 9.53 Å². The molecule has 1 aromatic carbocycles. The van der Waals surface area contributed by atoms with E-state index in [1.54, 1.807) is 16.7 Å². The van der Waals surface area contributed by atoms with Crippen LogP contribution in [-0.4, -0.2) is 39.0 Å². The van der Waals surface area contributed by atoms with E-state index in [1.165, 1.54) is 4.52 Å². The summed E-state index contributed by atoms with van der Waals surface area (Å²) in [5, 5.41) is 11.6. The lowest BCUT2D eigenvalue weighted by atomic mass is 10.1. The highest BCUT2D eigenvalue weighted by Crippen LogP contribution is 2.40. The SMILES string of the molecule is CC(C)(C)OC(=O)NCCCNC(c1nn2c(Cl)ccc2c(=O)n1Cc1ccccc1)C1CC1. The molecule has 0 saturated heterocycles. The van der Waals surface area contributed by atoms with Crippen LogP contribution in [-0.2, 0) is 11.3 Å². The Morgan fingerprint density at radius 3 is 2.59 bits per heavy atom. The Kier molecular flexibility index (Phi) is 7.28. The third-order valence-electron chi connectivity index (χ3n) is 5.69. The predicted octanol–water partition coefficient (Wildman–Crippen LogP) is 4.15. The molecule has 2 N–H and O–H groups in total. The Hall–Kier alpha value is -2.84. The zero-order valence-corrected chi connectivity index (χ0v) is 20.6. The summed E-state index contributed by atoms with van der Waals surface area (Å²) in [6, 6.07) is 13.2. The van der Waals surface area contributed by atoms with Gasteiger partial charge in [-0.1, -0.05) is 41.9 Å². The summed E-state index contributed by atoms with van der Waals surface area (Å²) in [6.45, 7) is 7.10. The van der Waals surface area contributed by atoms with Crippen LogP contribution in [0.3, 0.4) is 0 Å². The number of carbonyl (C=O) groups is 1. The van der Waals surface area contributed by atoms with Crippen LogP contribution in [0.25, 0.3) is 5.52 Å². The van der Waals surface area contributed by atoms with Gasteiger partial charge in [0.05, 0.1) is 12.6 Å². The zero-order chi connectivity index (χ0) is 24.3. The number of halogens is 1. The summed E-state index contributed by atoms with van der Waals surface area (Å²) in [6.07, 6.45) is 2.45. The molecule has 0 bridgehead atoms. The van der Waals surface area contributed by atoms with E-state index in [-0.39, 0.29) is 11.6 Å². The van der Waals surface area contributed by atoms with Gasteiger partial charge in [-0.25, -0.2) is 9.31 Å². The number of hydrogen-bond acceptors (Lipinski definition) is 5. The maximum absolute atomic E-state index is 13.4. The summed E-state index contributed by atoms with van der Waals surface area (Å²) in [4.78, 5) is 25.3. The lowest BCUT2D eigenvalue weighted by Gasteiger charge is -2.23. The Bertz CT molecular complexity index is 1190. The smallest absolute Gasteiger partial charge is 0.407 e. The van der Waals surface area contributed by atoms with Crippen molar-refractivity contribution in [3.63, 3.8) is 0 Å². The van der Waals surface area contributed by atoms with Gasteiger partial charge in [0.2, 0.25) is 0 Å². The predicted molar refractivity (Wildman–Crippen MR) is 132 cm³/mol. The monoisotopic (exact) mass is 485 g/mol. The molecule has 8 nitrogen and oxygen atoms in total. The Balaban J connectivity index is 1.52. The maximum atomic E-state index is 13.4. The van der Waals surface area contributed by atoms with E-state index in [2.05, 4.69) is 10.6 Å². The minimum Gasteiger partial charge on any atom is -0.444 e. The highest BCUT2D eigenvalue weighted by atomic mass is 35.5. The molecule has 1 aliphatic rings. The summed E-state index contributed by atoms with van der Waals surface area (Å²) in [5.41, 5.74) is 0.859. The summed E-state index contributed by atoms with van der Waals surface area (Å²) in [7, 11) is 0. The number of alkyl carbamates (subject to hydrolysis) is 1. The molecule has 1 fully saturated rings. The topological polar surface area (TPSA) is 89.7 Å². The molecule has 0 aliphatic heterocycles. The molecule has 0 radical (unpaired) electrons. The molecule has 1 saturated carbocycles. The fourth-order valence-electron chi connectivity index (χ4n) is 3.96. The van der Waals surface area contributed by atoms with Crippen LogP contribution < -0.4 is 16.2 Å². The maximum Gasteiger partial charge on any atom is 0.407 e. The van der Waals surface area contributed by atoms with Crippen molar-refractivity contribution >= 4 is 23.2 Å². The van der Waals surface area contributed by atoms with Gasteiger partial charge in [-0.2, -0.15) is 5.10 Å². The summed E-state index contributed by atoms with van der Waals surface area (Å²) < 4.78 is 8.57. The van der Waals surface area contributed by atoms with Gasteiger partial charge in [0.15, 0.2) is 5.82 Å². The van der Waals surface area contributed by atoms with Gasteiger partial charge in [0.1, 0.15) is 16.3 Å². The van der Waals surface area contributed by atoms with Crippen LogP contribution in [0.4, 0.5) is 4.79 Å². The van der Waals surface area contributed by atoms with Gasteiger partial charge in [0, 0.05) is 6.54 Å². The molecule has 2 heterocycles. The standard InChI is InChI=1S/C25H32ClN5O3/c1-25(2,3)34-24(33)28-15-7-14-27-21(18-10-11-18)22-29-31-19(12-13-20(31)26)23(32)30(22)16-17-8-5-4-6-9-17/h4-6,8-9,12-13,18,21,27H,7,10-11,14-16H2,1-3H3,(H,28,33). The van der Waals surface area contributed by atoms with Crippen molar-refractivity contribution in [3.8, 4) is 0 Å². The first-order valence-electron chi connectivity index (χ1n) is 11.7. The number of carbonyl (C=O) groups excluding carboxylic acids is 1. The number of nitrogens with zero attached hydrogens (tertiary/aromatic N) is 3. The molecular formula is C25H32ClN5O3. The van der Waals surface area contributed by atoms with E-state index in [1.807, 2.05) is 51.1 Å². The van der Waals surface area contributed by atoms with Crippen molar-refractivity contribution in [2.75, 3.05) is 13.1 Å². The van der Waals surface area contributed by atoms with Crippen LogP contribution in [0.2, 0.25) is 5.15 Å². The second-order valence-corrected chi connectivity index (χ2v) is 10.1. The molecule has 34 heavy (non-hydrogen) atoms. The fourth-order valence-corrected chi connectivity index (χ4v) is 4.16. The van der Waals surface area contributed by atoms with Crippen molar-refractivity contribution in [2.45, 2.75) is 58.2 Å². The summed E-state index contributed by atoms with van der Waals surface area (Å²) in [5.74, 6) is 1.08. The highest BCUT2D eigenvalue weighted by molar-refractivity contribution is 6.29. The highest BCUT2D eigenvalue weighted by Gasteiger charge is 2.35. The molecule has 2 aromatic heterocycles. The molecule has 3 aromatic rings. The number of fused-ring (bicyclic) bond motifs is 1. The largest absolute Gasteiger partial charge is 0.444 e. The van der Waals surface area contributed by atoms with E-state index < -0.39 is 11.7 Å². The molecule has 1 unspecified atom stereocenters. The van der Waals surface area contributed by atoms with E-state index >= 15 is 0 Å². The molecular weight excluding hydrogens is 454 g/mol. The number of nitrogens with one attached hydrogen (secondary N) is 2. The normalized spacial score (nSPS) is 14.8. The first-order chi connectivity index (χ1) is 16.2. The Morgan fingerprint density at radius 1 is 1.18 bits per heavy atom. The van der Waals surface area contributed by atoms with Crippen molar-refractivity contribution in [1.29, 1.82) is 0 Å². The Morgan fingerprint density at radius 2 is 1.91 bits per heavy atom. The van der Waals surface area contributed by atoms with E-state index in [4.69, 9.17) is 21.4 Å². The van der Waals surface area contributed by atoms with Crippen LogP contribution in [0.1, 0.15) is 57.5 Å². The van der Waals surface area contributed by atoms with Gasteiger partial charge in [-0.05, 0) is 70.2 Å². The van der Waals surface area contributed by atoms with Gasteiger partial charge >= 0.3 is 6.09 Å². The Labute approximate surface area is 204 Å². The van der Waals surface area contributed by atoms with Crippen LogP contribution >= 0.6 is 11.6 Å². The number of rotatable bonds is 9. The van der Waals surface area contributed by atoms with Crippen LogP contribution in [0.5, 0.6) is 0 Å². The average molecular weight is 486 g/mol. The fraction of sp³-hybridized carbons (Fsp3) is 0.480. The first kappa shape index (κ1) is 24.3. The second-order valence-electron chi connectivity index (χ2n) is 9.74. The lowest BCUT2D eigenvalue weighted by Crippen LogP contribution is -2.37. The van der Waals surface area contributed by atoms with Crippen LogP contribution in [0, 0.1) is 5.92 Å². The zero-order valence-electron chi connectivity index (χ0n) is 19.9. The van der Waals surface area contributed by atoms with Crippen molar-refractivity contribution in [1.82, 2.24) is 24.8 Å². The van der Waals surface area contributed by atoms with E-state index in [0.717, 1.165) is 24.8 Å². The number of aromatic nitrogens is 3. The molecule has 0 spiro atoms. The number of hydrogen-bond donors (Lipinski definition) is 2. The third-order valence-corrected chi connectivity index (χ3v) is 5.98. The van der Waals surface area contributed by atoms with E-state index in [0.29, 0.717) is 42.0 Å². The molecule has 4 rings (SSSR count). The molecule has 9 heteroatoms. The van der Waals surface area contributed by atoms with Crippen molar-refractivity contribution in [3.05, 3.63) is 69.4 Å². The van der Waals surface area contributed by atoms with Gasteiger partial charge < -0.3 is 15.4 Å². The van der Waals surface area contributed by atoms with E-state index in [9.17, 15) is 9.59 Å². The third kappa shape index (κ3) is 5.98. The molecule has 1 amide bonds. The minimum atomic E-state index is -0.522. The number of ether oxygens (including phenoxy) is 1. The van der Waals surface area contributed by atoms with Crippen LogP contribution in [0.15, 0.2) is 47.3 Å². The van der Waals surface area contributed by atoms with Crippen molar-refractivity contribution in [2.24, 2.45) is 5.92 Å². The first-order valence-corrected chi connectivity index (χ1v) is 12.1. The minimum absolute atomic E-state index is 0.0826. The molecule has 1 aliphatic carbocycles. The quantitative estimate of drug-likeness (QED) is 0.444. The summed E-state index contributed by atoms with van der Waals surface area (Å²) >= 11 is 6.33. The molecule has 1 atom stereocenters. The van der Waals surface area contributed by atoms with Gasteiger partial charge in [-0.15, -0.1) is 0 Å². The second kappa shape index (κ2) is 10.2. The molecule has 182 valence electrons.